The highest BCUT2D eigenvalue weighted by Gasteiger charge is 2.29. The fraction of sp³-hybridized carbons (Fsp3) is 0.333. The van der Waals surface area contributed by atoms with Crippen LogP contribution in [0, 0.1) is 5.92 Å². The van der Waals surface area contributed by atoms with Gasteiger partial charge in [0.15, 0.2) is 0 Å². The summed E-state index contributed by atoms with van der Waals surface area (Å²) in [5, 5.41) is 4.46. The minimum atomic E-state index is 0.287. The molecule has 3 N–H and O–H groups in total. The summed E-state index contributed by atoms with van der Waals surface area (Å²) in [5.41, 5.74) is 0.830. The van der Waals surface area contributed by atoms with Gasteiger partial charge in [0, 0.05) is 12.2 Å². The number of nitrogens with one attached hydrogen (secondary N) is 3. The van der Waals surface area contributed by atoms with Crippen molar-refractivity contribution in [3.8, 4) is 0 Å². The van der Waals surface area contributed by atoms with E-state index in [9.17, 15) is 0 Å². The van der Waals surface area contributed by atoms with E-state index in [1.165, 1.54) is 12.8 Å². The molecule has 6 heteroatoms. The number of aromatic nitrogens is 3. The van der Waals surface area contributed by atoms with Gasteiger partial charge in [-0.05, 0) is 24.8 Å². The molecule has 90 valence electrons. The Labute approximate surface area is 114 Å². The second-order valence-electron chi connectivity index (χ2n) is 4.52. The van der Waals surface area contributed by atoms with Crippen molar-refractivity contribution < 1.29 is 0 Å². The predicted molar refractivity (Wildman–Crippen MR) is 73.6 cm³/mol. The second-order valence-corrected chi connectivity index (χ2v) is 4.81. The standard InChI is InChI=1S/C12H14N5.Al/c1-2-9(7-3-4-7)15-11-8-5-6-14-10(8)16-12(13)17-11;/h2,5-7,9H,1,3-4H2,(H3-,13,14,15,16,17);/q-1;+1/t9-;/m0./s1. The summed E-state index contributed by atoms with van der Waals surface area (Å²) in [6.45, 7) is 3.90. The molecule has 0 bridgehead atoms. The van der Waals surface area contributed by atoms with Crippen molar-refractivity contribution in [1.29, 1.82) is 0 Å². The van der Waals surface area contributed by atoms with E-state index in [0.717, 1.165) is 16.9 Å². The van der Waals surface area contributed by atoms with E-state index in [0.29, 0.717) is 11.9 Å². The topological polar surface area (TPSA) is 65.6 Å². The molecule has 0 unspecified atom stereocenters. The Morgan fingerprint density at radius 1 is 1.50 bits per heavy atom. The largest absolute Gasteiger partial charge is 0.461 e. The third-order valence-corrected chi connectivity index (χ3v) is 3.49. The van der Waals surface area contributed by atoms with Gasteiger partial charge in [0.1, 0.15) is 11.5 Å². The van der Waals surface area contributed by atoms with Crippen molar-refractivity contribution in [2.24, 2.45) is 5.92 Å². The quantitative estimate of drug-likeness (QED) is 0.563. The first-order valence-corrected chi connectivity index (χ1v) is 6.60. The molecule has 18 heavy (non-hydrogen) atoms. The maximum atomic E-state index is 4.47. The molecule has 1 aliphatic carbocycles. The Kier molecular flexibility index (Phi) is 2.98. The molecule has 0 aliphatic heterocycles. The molecule has 0 spiro atoms. The Morgan fingerprint density at radius 2 is 2.33 bits per heavy atom. The molecular formula is C12H14AlN5. The fourth-order valence-electron chi connectivity index (χ4n) is 2.10. The van der Waals surface area contributed by atoms with Crippen LogP contribution in [0.1, 0.15) is 12.8 Å². The summed E-state index contributed by atoms with van der Waals surface area (Å²) in [6.07, 6.45) is 6.36. The molecule has 1 saturated carbocycles. The summed E-state index contributed by atoms with van der Waals surface area (Å²) < 4.78 is 2.89. The number of hydrogen-bond acceptors (Lipinski definition) is 4. The summed E-state index contributed by atoms with van der Waals surface area (Å²) in [5.74, 6) is 2.12. The summed E-state index contributed by atoms with van der Waals surface area (Å²) in [6, 6.07) is 2.27. The monoisotopic (exact) mass is 255 g/mol. The highest BCUT2D eigenvalue weighted by molar-refractivity contribution is 6.15. The number of aromatic amines is 1. The van der Waals surface area contributed by atoms with Crippen molar-refractivity contribution >= 4 is 39.3 Å². The van der Waals surface area contributed by atoms with Crippen LogP contribution in [-0.2, 0) is 0 Å². The van der Waals surface area contributed by atoms with Crippen LogP contribution in [0.25, 0.3) is 11.0 Å². The molecule has 3 rings (SSSR count). The Bertz CT molecular complexity index is 575. The highest BCUT2D eigenvalue weighted by atomic mass is 27.1. The second kappa shape index (κ2) is 4.64. The Balaban J connectivity index is 1.97. The predicted octanol–water partition coefficient (Wildman–Crippen LogP) is 1.83. The number of rotatable bonds is 5. The molecule has 5 nitrogen and oxygen atoms in total. The zero-order valence-electron chi connectivity index (χ0n) is 9.98. The zero-order valence-corrected chi connectivity index (χ0v) is 11.1. The van der Waals surface area contributed by atoms with Crippen LogP contribution in [0.5, 0.6) is 0 Å². The lowest BCUT2D eigenvalue weighted by Crippen LogP contribution is -2.20. The number of anilines is 2. The lowest BCUT2D eigenvalue weighted by molar-refractivity contribution is 0.754. The summed E-state index contributed by atoms with van der Waals surface area (Å²) in [7, 11) is 0. The molecule has 0 amide bonds. The smallest absolute Gasteiger partial charge is 0.310 e. The van der Waals surface area contributed by atoms with Gasteiger partial charge in [0.2, 0.25) is 5.95 Å². The van der Waals surface area contributed by atoms with E-state index in [-0.39, 0.29) is 6.04 Å². The third kappa shape index (κ3) is 2.09. The van der Waals surface area contributed by atoms with E-state index in [4.69, 9.17) is 0 Å². The number of nitrogens with zero attached hydrogens (tertiary/aromatic N) is 2. The summed E-state index contributed by atoms with van der Waals surface area (Å²) in [4.78, 5) is 11.9. The minimum Gasteiger partial charge on any atom is -0.461 e. The molecule has 0 aromatic carbocycles. The van der Waals surface area contributed by atoms with Gasteiger partial charge < -0.3 is 14.6 Å². The van der Waals surface area contributed by atoms with E-state index < -0.39 is 0 Å². The highest BCUT2D eigenvalue weighted by Crippen LogP contribution is 2.35. The first-order chi connectivity index (χ1) is 8.81. The van der Waals surface area contributed by atoms with Gasteiger partial charge in [-0.3, -0.25) is 0 Å². The van der Waals surface area contributed by atoms with E-state index in [1.807, 2.05) is 18.3 Å². The van der Waals surface area contributed by atoms with Gasteiger partial charge in [0.25, 0.3) is 0 Å². The molecule has 1 atom stereocenters. The van der Waals surface area contributed by atoms with Gasteiger partial charge >= 0.3 is 16.5 Å². The minimum absolute atomic E-state index is 0.287. The third-order valence-electron chi connectivity index (χ3n) is 3.23. The lowest BCUT2D eigenvalue weighted by atomic mass is 10.2. The van der Waals surface area contributed by atoms with Crippen LogP contribution in [0.15, 0.2) is 24.9 Å². The molecule has 2 aromatic heterocycles. The molecule has 2 radical (unpaired) electrons. The summed E-state index contributed by atoms with van der Waals surface area (Å²) >= 11 is 2.41. The SMILES string of the molecule is C=C[C@H](Nc1nc([NH][Al])nc2[nH]ccc12)C1CC1. The van der Waals surface area contributed by atoms with Crippen LogP contribution in [-0.4, -0.2) is 37.5 Å². The first-order valence-electron chi connectivity index (χ1n) is 6.02. The average molecular weight is 255 g/mol. The number of fused-ring (bicyclic) bond motifs is 1. The van der Waals surface area contributed by atoms with E-state index in [1.54, 1.807) is 0 Å². The van der Waals surface area contributed by atoms with Gasteiger partial charge in [-0.1, -0.05) is 6.08 Å². The van der Waals surface area contributed by atoms with E-state index in [2.05, 4.69) is 47.7 Å². The van der Waals surface area contributed by atoms with Crippen LogP contribution >= 0.6 is 0 Å². The maximum Gasteiger partial charge on any atom is 0.310 e. The molecule has 2 aromatic rings. The van der Waals surface area contributed by atoms with Crippen molar-refractivity contribution in [3.05, 3.63) is 24.9 Å². The maximum absolute atomic E-state index is 4.47. The number of hydrogen-bond donors (Lipinski definition) is 3. The normalized spacial score (nSPS) is 16.4. The molecule has 1 fully saturated rings. The first kappa shape index (κ1) is 11.6. The Morgan fingerprint density at radius 3 is 3.00 bits per heavy atom. The zero-order chi connectivity index (χ0) is 12.5. The van der Waals surface area contributed by atoms with Gasteiger partial charge in [0.05, 0.1) is 5.39 Å². The van der Waals surface area contributed by atoms with Crippen LogP contribution in [0.4, 0.5) is 11.8 Å². The Hall–Kier alpha value is -1.51. The van der Waals surface area contributed by atoms with Gasteiger partial charge in [-0.2, -0.15) is 9.97 Å². The van der Waals surface area contributed by atoms with Crippen molar-refractivity contribution in [2.45, 2.75) is 18.9 Å². The van der Waals surface area contributed by atoms with Crippen LogP contribution in [0.2, 0.25) is 0 Å². The van der Waals surface area contributed by atoms with Crippen molar-refractivity contribution in [3.63, 3.8) is 0 Å². The average Bonchev–Trinajstić information content (AvgIpc) is 3.12. The number of H-pyrrole nitrogens is 1. The van der Waals surface area contributed by atoms with Gasteiger partial charge in [-0.15, -0.1) is 6.58 Å². The van der Waals surface area contributed by atoms with Crippen molar-refractivity contribution in [1.82, 2.24) is 15.0 Å². The fourth-order valence-corrected chi connectivity index (χ4v) is 2.23. The van der Waals surface area contributed by atoms with Crippen molar-refractivity contribution in [2.75, 3.05) is 9.62 Å². The van der Waals surface area contributed by atoms with E-state index >= 15 is 0 Å². The molecule has 1 aliphatic rings. The van der Waals surface area contributed by atoms with Gasteiger partial charge in [-0.25, -0.2) is 0 Å². The van der Waals surface area contributed by atoms with Crippen LogP contribution < -0.4 is 9.62 Å². The molecule has 0 saturated heterocycles. The van der Waals surface area contributed by atoms with Crippen LogP contribution in [0.3, 0.4) is 0 Å². The molecule has 2 heterocycles. The molecular weight excluding hydrogens is 241 g/mol. The lowest BCUT2D eigenvalue weighted by Gasteiger charge is -2.15.